The summed E-state index contributed by atoms with van der Waals surface area (Å²) in [4.78, 5) is 17.1. The Labute approximate surface area is 129 Å². The molecular weight excluding hydrogens is 274 g/mol. The summed E-state index contributed by atoms with van der Waals surface area (Å²) in [7, 11) is 4.17. The Balaban J connectivity index is 0.00000200. The van der Waals surface area contributed by atoms with E-state index >= 15 is 0 Å². The summed E-state index contributed by atoms with van der Waals surface area (Å²) in [5.41, 5.74) is 0. The van der Waals surface area contributed by atoms with Crippen molar-refractivity contribution in [3.63, 3.8) is 0 Å². The van der Waals surface area contributed by atoms with Gasteiger partial charge in [0.05, 0.1) is 5.92 Å². The molecule has 1 saturated carbocycles. The number of halogens is 1. The second-order valence-corrected chi connectivity index (χ2v) is 6.32. The van der Waals surface area contributed by atoms with Gasteiger partial charge in [-0.2, -0.15) is 0 Å². The van der Waals surface area contributed by atoms with Gasteiger partial charge in [-0.1, -0.05) is 12.8 Å². The third kappa shape index (κ3) is 4.90. The molecule has 1 atom stereocenters. The van der Waals surface area contributed by atoms with Crippen LogP contribution in [0.3, 0.4) is 0 Å². The number of nitrogens with one attached hydrogen (secondary N) is 1. The maximum absolute atomic E-state index is 12.8. The summed E-state index contributed by atoms with van der Waals surface area (Å²) >= 11 is 0. The van der Waals surface area contributed by atoms with Crippen LogP contribution < -0.4 is 5.32 Å². The van der Waals surface area contributed by atoms with Gasteiger partial charge in [0.25, 0.3) is 0 Å². The Hall–Kier alpha value is -0.320. The molecular formula is C15H30ClN3O. The normalized spacial score (nSPS) is 23.6. The standard InChI is InChI=1S/C15H29N3O.ClH/c1-17(2)10-11-18(14-7-3-4-8-14)15(19)13-6-5-9-16-12-13;/h13-14,16H,3-12H2,1-2H3;1H/t13-;/m1./s1. The number of hydrogen-bond donors (Lipinski definition) is 1. The van der Waals surface area contributed by atoms with E-state index in [1.54, 1.807) is 0 Å². The highest BCUT2D eigenvalue weighted by Gasteiger charge is 2.31. The van der Waals surface area contributed by atoms with Crippen LogP contribution in [0.15, 0.2) is 0 Å². The van der Waals surface area contributed by atoms with Gasteiger partial charge in [0.1, 0.15) is 0 Å². The lowest BCUT2D eigenvalue weighted by Gasteiger charge is -2.34. The molecule has 0 radical (unpaired) electrons. The van der Waals surface area contributed by atoms with Crippen molar-refractivity contribution in [2.24, 2.45) is 5.92 Å². The van der Waals surface area contributed by atoms with Crippen molar-refractivity contribution in [3.05, 3.63) is 0 Å². The fraction of sp³-hybridized carbons (Fsp3) is 0.933. The second kappa shape index (κ2) is 8.85. The van der Waals surface area contributed by atoms with Crippen LogP contribution in [-0.4, -0.2) is 62.0 Å². The lowest BCUT2D eigenvalue weighted by molar-refractivity contribution is -0.138. The summed E-state index contributed by atoms with van der Waals surface area (Å²) in [5, 5.41) is 3.37. The fourth-order valence-electron chi connectivity index (χ4n) is 3.29. The molecule has 0 unspecified atom stereocenters. The number of hydrogen-bond acceptors (Lipinski definition) is 3. The summed E-state index contributed by atoms with van der Waals surface area (Å²) in [6.07, 6.45) is 7.21. The Morgan fingerprint density at radius 3 is 2.35 bits per heavy atom. The number of nitrogens with zero attached hydrogens (tertiary/aromatic N) is 2. The van der Waals surface area contributed by atoms with E-state index in [0.29, 0.717) is 11.9 Å². The third-order valence-corrected chi connectivity index (χ3v) is 4.48. The Kier molecular flexibility index (Phi) is 7.85. The van der Waals surface area contributed by atoms with Crippen LogP contribution in [0.5, 0.6) is 0 Å². The van der Waals surface area contributed by atoms with Crippen molar-refractivity contribution < 1.29 is 4.79 Å². The minimum atomic E-state index is 0. The zero-order valence-corrected chi connectivity index (χ0v) is 13.8. The Bertz CT molecular complexity index is 287. The lowest BCUT2D eigenvalue weighted by Crippen LogP contribution is -2.48. The minimum absolute atomic E-state index is 0. The van der Waals surface area contributed by atoms with E-state index in [1.807, 2.05) is 0 Å². The lowest BCUT2D eigenvalue weighted by atomic mass is 9.97. The summed E-state index contributed by atoms with van der Waals surface area (Å²) in [5.74, 6) is 0.623. The molecule has 118 valence electrons. The molecule has 1 saturated heterocycles. The highest BCUT2D eigenvalue weighted by atomic mass is 35.5. The van der Waals surface area contributed by atoms with E-state index < -0.39 is 0 Å². The first-order valence-electron chi connectivity index (χ1n) is 7.84. The number of likely N-dealkylation sites (N-methyl/N-ethyl adjacent to an activating group) is 1. The van der Waals surface area contributed by atoms with E-state index in [2.05, 4.69) is 29.2 Å². The molecule has 20 heavy (non-hydrogen) atoms. The Morgan fingerprint density at radius 1 is 1.10 bits per heavy atom. The predicted octanol–water partition coefficient (Wildman–Crippen LogP) is 1.74. The average Bonchev–Trinajstić information content (AvgIpc) is 2.93. The molecule has 1 aliphatic heterocycles. The zero-order valence-electron chi connectivity index (χ0n) is 12.9. The van der Waals surface area contributed by atoms with Gasteiger partial charge in [0.2, 0.25) is 5.91 Å². The number of amides is 1. The number of carbonyl (C=O) groups excluding carboxylic acids is 1. The molecule has 2 rings (SSSR count). The third-order valence-electron chi connectivity index (χ3n) is 4.48. The summed E-state index contributed by atoms with van der Waals surface area (Å²) in [6, 6.07) is 0.509. The number of piperidine rings is 1. The van der Waals surface area contributed by atoms with Crippen LogP contribution in [0.25, 0.3) is 0 Å². The maximum Gasteiger partial charge on any atom is 0.227 e. The van der Waals surface area contributed by atoms with Crippen LogP contribution in [-0.2, 0) is 4.79 Å². The van der Waals surface area contributed by atoms with Crippen molar-refractivity contribution in [1.82, 2.24) is 15.1 Å². The molecule has 1 heterocycles. The number of carbonyl (C=O) groups is 1. The molecule has 1 amide bonds. The van der Waals surface area contributed by atoms with Crippen molar-refractivity contribution in [2.45, 2.75) is 44.6 Å². The maximum atomic E-state index is 12.8. The fourth-order valence-corrected chi connectivity index (χ4v) is 3.29. The molecule has 2 fully saturated rings. The molecule has 0 aromatic rings. The van der Waals surface area contributed by atoms with Crippen LogP contribution in [0.4, 0.5) is 0 Å². The van der Waals surface area contributed by atoms with Gasteiger partial charge in [-0.3, -0.25) is 4.79 Å². The van der Waals surface area contributed by atoms with Gasteiger partial charge in [0.15, 0.2) is 0 Å². The van der Waals surface area contributed by atoms with Crippen molar-refractivity contribution in [1.29, 1.82) is 0 Å². The average molecular weight is 304 g/mol. The van der Waals surface area contributed by atoms with E-state index in [-0.39, 0.29) is 18.3 Å². The molecule has 0 aromatic heterocycles. The Morgan fingerprint density at radius 2 is 1.80 bits per heavy atom. The van der Waals surface area contributed by atoms with Gasteiger partial charge in [-0.05, 0) is 46.3 Å². The van der Waals surface area contributed by atoms with Crippen molar-refractivity contribution >= 4 is 18.3 Å². The zero-order chi connectivity index (χ0) is 13.7. The highest BCUT2D eigenvalue weighted by Crippen LogP contribution is 2.26. The van der Waals surface area contributed by atoms with Gasteiger partial charge in [0, 0.05) is 25.7 Å². The van der Waals surface area contributed by atoms with Gasteiger partial charge >= 0.3 is 0 Å². The van der Waals surface area contributed by atoms with Gasteiger partial charge in [-0.15, -0.1) is 12.4 Å². The molecule has 5 heteroatoms. The van der Waals surface area contributed by atoms with Gasteiger partial charge in [-0.25, -0.2) is 0 Å². The summed E-state index contributed by atoms with van der Waals surface area (Å²) in [6.45, 7) is 3.82. The largest absolute Gasteiger partial charge is 0.338 e. The minimum Gasteiger partial charge on any atom is -0.338 e. The number of rotatable bonds is 5. The molecule has 2 aliphatic rings. The summed E-state index contributed by atoms with van der Waals surface area (Å²) < 4.78 is 0. The quantitative estimate of drug-likeness (QED) is 0.840. The van der Waals surface area contributed by atoms with Crippen molar-refractivity contribution in [2.75, 3.05) is 40.3 Å². The molecule has 4 nitrogen and oxygen atoms in total. The second-order valence-electron chi connectivity index (χ2n) is 6.32. The molecule has 0 bridgehead atoms. The van der Waals surface area contributed by atoms with Crippen LogP contribution >= 0.6 is 12.4 Å². The molecule has 0 spiro atoms. The van der Waals surface area contributed by atoms with E-state index in [4.69, 9.17) is 0 Å². The van der Waals surface area contributed by atoms with E-state index in [1.165, 1.54) is 25.7 Å². The molecule has 1 N–H and O–H groups in total. The molecule has 0 aromatic carbocycles. The van der Waals surface area contributed by atoms with Crippen LogP contribution in [0.2, 0.25) is 0 Å². The SMILES string of the molecule is CN(C)CCN(C(=O)[C@@H]1CCCNC1)C1CCCC1.Cl. The highest BCUT2D eigenvalue weighted by molar-refractivity contribution is 5.85. The van der Waals surface area contributed by atoms with Crippen molar-refractivity contribution in [3.8, 4) is 0 Å². The first kappa shape index (κ1) is 17.7. The molecule has 1 aliphatic carbocycles. The monoisotopic (exact) mass is 303 g/mol. The van der Waals surface area contributed by atoms with Crippen LogP contribution in [0, 0.1) is 5.92 Å². The predicted molar refractivity (Wildman–Crippen MR) is 85.4 cm³/mol. The van der Waals surface area contributed by atoms with Gasteiger partial charge < -0.3 is 15.1 Å². The van der Waals surface area contributed by atoms with Crippen LogP contribution in [0.1, 0.15) is 38.5 Å². The first-order valence-corrected chi connectivity index (χ1v) is 7.84. The first-order chi connectivity index (χ1) is 9.18. The topological polar surface area (TPSA) is 35.6 Å². The van der Waals surface area contributed by atoms with E-state index in [0.717, 1.165) is 39.0 Å². The smallest absolute Gasteiger partial charge is 0.227 e. The van der Waals surface area contributed by atoms with E-state index in [9.17, 15) is 4.79 Å².